The number of rotatable bonds is 21. The molecule has 0 spiro atoms. The molecule has 11 nitrogen and oxygen atoms in total. The number of benzene rings is 1. The zero-order chi connectivity index (χ0) is 33.9. The fourth-order valence-electron chi connectivity index (χ4n) is 5.59. The maximum absolute atomic E-state index is 12.1. The van der Waals surface area contributed by atoms with Gasteiger partial charge >= 0.3 is 23.9 Å². The summed E-state index contributed by atoms with van der Waals surface area (Å²) in [5, 5.41) is 0. The van der Waals surface area contributed by atoms with Crippen LogP contribution in [0.4, 0.5) is 5.69 Å². The Kier molecular flexibility index (Phi) is 18.1. The van der Waals surface area contributed by atoms with Gasteiger partial charge in [0, 0.05) is 27.7 Å². The Hall–Kier alpha value is -3.34. The van der Waals surface area contributed by atoms with Crippen molar-refractivity contribution >= 4 is 29.6 Å². The normalized spacial score (nSPS) is 20.8. The maximum atomic E-state index is 12.1. The van der Waals surface area contributed by atoms with E-state index in [1.54, 1.807) is 6.07 Å². The van der Waals surface area contributed by atoms with Gasteiger partial charge in [-0.25, -0.2) is 0 Å². The minimum atomic E-state index is -1.34. The maximum Gasteiger partial charge on any atom is 0.303 e. The van der Waals surface area contributed by atoms with E-state index in [4.69, 9.17) is 34.2 Å². The highest BCUT2D eigenvalue weighted by Gasteiger charge is 2.53. The molecule has 0 unspecified atom stereocenters. The third-order valence-corrected chi connectivity index (χ3v) is 7.84. The number of ether oxygens (including phenoxy) is 6. The van der Waals surface area contributed by atoms with Gasteiger partial charge in [0.05, 0.1) is 5.69 Å². The van der Waals surface area contributed by atoms with Crippen LogP contribution in [0, 0.1) is 0 Å². The summed E-state index contributed by atoms with van der Waals surface area (Å²) in [5.41, 5.74) is 7.59. The molecule has 1 aliphatic heterocycles. The van der Waals surface area contributed by atoms with Crippen molar-refractivity contribution in [2.75, 3.05) is 12.3 Å². The molecule has 1 fully saturated rings. The Morgan fingerprint density at radius 1 is 0.674 bits per heavy atom. The van der Waals surface area contributed by atoms with Crippen LogP contribution >= 0.6 is 0 Å². The first kappa shape index (κ1) is 38.8. The Bertz CT molecular complexity index is 1090. The first-order valence-electron chi connectivity index (χ1n) is 16.9. The molecular weight excluding hydrogens is 594 g/mol. The molecule has 0 saturated carbocycles. The lowest BCUT2D eigenvalue weighted by atomic mass is 9.98. The van der Waals surface area contributed by atoms with Crippen molar-refractivity contribution < 1.29 is 47.6 Å². The van der Waals surface area contributed by atoms with E-state index in [1.165, 1.54) is 98.3 Å². The molecule has 11 heteroatoms. The molecule has 1 heterocycles. The third kappa shape index (κ3) is 14.8. The van der Waals surface area contributed by atoms with E-state index in [2.05, 4.69) is 6.92 Å². The SMILES string of the molecule is CCCCCCCCCCCCCCCc1ccc(N)c(O[C@@H]2O[C@@H](COC(C)=O)[C@@H](OC(C)=O)[C@@H](OC(C)=O)[C@@H]2OC(C)=O)c1. The van der Waals surface area contributed by atoms with Gasteiger partial charge in [-0.1, -0.05) is 90.0 Å². The van der Waals surface area contributed by atoms with Crippen LogP contribution in [0.5, 0.6) is 5.75 Å². The smallest absolute Gasteiger partial charge is 0.303 e. The topological polar surface area (TPSA) is 150 Å². The Morgan fingerprint density at radius 2 is 1.17 bits per heavy atom. The first-order valence-corrected chi connectivity index (χ1v) is 16.9. The van der Waals surface area contributed by atoms with Crippen molar-refractivity contribution in [3.8, 4) is 5.75 Å². The summed E-state index contributed by atoms with van der Waals surface area (Å²) in [6.45, 7) is 6.64. The van der Waals surface area contributed by atoms with Gasteiger partial charge in [0.1, 0.15) is 18.5 Å². The highest BCUT2D eigenvalue weighted by Crippen LogP contribution is 2.33. The second-order valence-corrected chi connectivity index (χ2v) is 12.1. The lowest BCUT2D eigenvalue weighted by molar-refractivity contribution is -0.288. The highest BCUT2D eigenvalue weighted by molar-refractivity contribution is 5.68. The molecule has 0 aliphatic carbocycles. The molecule has 2 N–H and O–H groups in total. The predicted molar refractivity (Wildman–Crippen MR) is 173 cm³/mol. The molecule has 260 valence electrons. The average Bonchev–Trinajstić information content (AvgIpc) is 2.98. The second kappa shape index (κ2) is 21.5. The number of anilines is 1. The van der Waals surface area contributed by atoms with Crippen molar-refractivity contribution in [1.82, 2.24) is 0 Å². The Labute approximate surface area is 274 Å². The summed E-state index contributed by atoms with van der Waals surface area (Å²) >= 11 is 0. The van der Waals surface area contributed by atoms with Crippen LogP contribution < -0.4 is 10.5 Å². The third-order valence-electron chi connectivity index (χ3n) is 7.84. The van der Waals surface area contributed by atoms with E-state index < -0.39 is 54.6 Å². The summed E-state index contributed by atoms with van der Waals surface area (Å²) in [5.74, 6) is -2.44. The Balaban J connectivity index is 2.03. The van der Waals surface area contributed by atoms with Crippen molar-refractivity contribution in [3.05, 3.63) is 23.8 Å². The van der Waals surface area contributed by atoms with E-state index in [1.807, 2.05) is 12.1 Å². The molecule has 0 radical (unpaired) electrons. The number of unbranched alkanes of at least 4 members (excludes halogenated alkanes) is 12. The van der Waals surface area contributed by atoms with Crippen LogP contribution in [0.2, 0.25) is 0 Å². The van der Waals surface area contributed by atoms with E-state index in [-0.39, 0.29) is 12.4 Å². The van der Waals surface area contributed by atoms with Gasteiger partial charge in [-0.05, 0) is 30.5 Å². The standard InChI is InChI=1S/C35H55NO10/c1-6-7-8-9-10-11-12-13-14-15-16-17-18-19-28-20-21-29(36)30(22-28)45-35-34(44-27(5)40)33(43-26(4)39)32(42-25(3)38)31(46-35)23-41-24(2)37/h20-22,31-35H,6-19,23,36H2,1-5H3/t31-,32+,33+,34-,35+/m0/s1. The summed E-state index contributed by atoms with van der Waals surface area (Å²) in [7, 11) is 0. The Morgan fingerprint density at radius 3 is 1.70 bits per heavy atom. The van der Waals surface area contributed by atoms with Crippen LogP contribution in [-0.2, 0) is 49.3 Å². The van der Waals surface area contributed by atoms with Gasteiger partial charge in [-0.3, -0.25) is 19.2 Å². The van der Waals surface area contributed by atoms with Crippen LogP contribution in [0.15, 0.2) is 18.2 Å². The number of nitrogens with two attached hydrogens (primary N) is 1. The van der Waals surface area contributed by atoms with Gasteiger partial charge in [-0.2, -0.15) is 0 Å². The average molecular weight is 650 g/mol. The fourth-order valence-corrected chi connectivity index (χ4v) is 5.59. The van der Waals surface area contributed by atoms with Crippen LogP contribution in [0.1, 0.15) is 124 Å². The molecule has 1 aromatic rings. The monoisotopic (exact) mass is 649 g/mol. The molecule has 0 bridgehead atoms. The lowest BCUT2D eigenvalue weighted by Crippen LogP contribution is -2.63. The van der Waals surface area contributed by atoms with Crippen LogP contribution in [0.3, 0.4) is 0 Å². The zero-order valence-electron chi connectivity index (χ0n) is 28.4. The molecule has 0 aromatic heterocycles. The summed E-state index contributed by atoms with van der Waals surface area (Å²) < 4.78 is 33.7. The second-order valence-electron chi connectivity index (χ2n) is 12.1. The van der Waals surface area contributed by atoms with Crippen molar-refractivity contribution in [1.29, 1.82) is 0 Å². The molecular formula is C35H55NO10. The minimum absolute atomic E-state index is 0.285. The molecule has 1 aliphatic rings. The molecule has 46 heavy (non-hydrogen) atoms. The first-order chi connectivity index (χ1) is 22.0. The predicted octanol–water partition coefficient (Wildman–Crippen LogP) is 6.36. The van der Waals surface area contributed by atoms with E-state index >= 15 is 0 Å². The summed E-state index contributed by atoms with van der Waals surface area (Å²) in [4.78, 5) is 47.8. The number of hydrogen-bond acceptors (Lipinski definition) is 11. The zero-order valence-corrected chi connectivity index (χ0v) is 28.4. The van der Waals surface area contributed by atoms with Gasteiger partial charge < -0.3 is 34.2 Å². The van der Waals surface area contributed by atoms with Gasteiger partial charge in [0.2, 0.25) is 12.4 Å². The van der Waals surface area contributed by atoms with E-state index in [0.717, 1.165) is 24.8 Å². The van der Waals surface area contributed by atoms with Gasteiger partial charge in [0.15, 0.2) is 12.2 Å². The molecule has 2 rings (SSSR count). The summed E-state index contributed by atoms with van der Waals surface area (Å²) in [6, 6.07) is 5.48. The quantitative estimate of drug-likeness (QED) is 0.0685. The number of aryl methyl sites for hydroxylation is 1. The van der Waals surface area contributed by atoms with E-state index in [9.17, 15) is 19.2 Å². The fraction of sp³-hybridized carbons (Fsp3) is 0.714. The number of carbonyl (C=O) groups is 4. The summed E-state index contributed by atoms with van der Waals surface area (Å²) in [6.07, 6.45) is 11.1. The number of carbonyl (C=O) groups excluding carboxylic acids is 4. The van der Waals surface area contributed by atoms with Crippen LogP contribution in [-0.4, -0.2) is 61.2 Å². The number of nitrogen functional groups attached to an aromatic ring is 1. The minimum Gasteiger partial charge on any atom is -0.463 e. The largest absolute Gasteiger partial charge is 0.463 e. The number of esters is 4. The molecule has 0 amide bonds. The number of hydrogen-bond donors (Lipinski definition) is 1. The van der Waals surface area contributed by atoms with Crippen LogP contribution in [0.25, 0.3) is 0 Å². The van der Waals surface area contributed by atoms with Gasteiger partial charge in [-0.15, -0.1) is 0 Å². The lowest BCUT2D eigenvalue weighted by Gasteiger charge is -2.44. The van der Waals surface area contributed by atoms with Crippen molar-refractivity contribution in [2.24, 2.45) is 0 Å². The van der Waals surface area contributed by atoms with E-state index in [0.29, 0.717) is 5.69 Å². The highest BCUT2D eigenvalue weighted by atomic mass is 16.7. The molecule has 1 aromatic carbocycles. The van der Waals surface area contributed by atoms with Gasteiger partial charge in [0.25, 0.3) is 0 Å². The van der Waals surface area contributed by atoms with Crippen molar-refractivity contribution in [3.63, 3.8) is 0 Å². The molecule has 1 saturated heterocycles. The molecule has 5 atom stereocenters. The van der Waals surface area contributed by atoms with Crippen molar-refractivity contribution in [2.45, 2.75) is 155 Å².